The van der Waals surface area contributed by atoms with Crippen molar-refractivity contribution in [2.24, 2.45) is 0 Å². The van der Waals surface area contributed by atoms with E-state index in [1.807, 2.05) is 0 Å². The molecule has 1 aliphatic heterocycles. The lowest BCUT2D eigenvalue weighted by atomic mass is 9.55. The molecule has 2 heteroatoms. The zero-order chi connectivity index (χ0) is 14.0. The first-order valence-electron chi connectivity index (χ1n) is 7.49. The first-order chi connectivity index (χ1) is 9.67. The summed E-state index contributed by atoms with van der Waals surface area (Å²) in [6.45, 7) is 7.37. The predicted octanol–water partition coefficient (Wildman–Crippen LogP) is 3.47. The van der Waals surface area contributed by atoms with Crippen LogP contribution in [-0.2, 0) is 13.1 Å². The Balaban J connectivity index is 1.63. The molecule has 1 saturated heterocycles. The Labute approximate surface area is 122 Å². The molecule has 0 spiro atoms. The van der Waals surface area contributed by atoms with E-state index in [1.165, 1.54) is 22.9 Å². The Bertz CT molecular complexity index is 577. The lowest BCUT2D eigenvalue weighted by molar-refractivity contribution is 0.695. The molecule has 20 heavy (non-hydrogen) atoms. The molecule has 102 valence electrons. The van der Waals surface area contributed by atoms with Crippen molar-refractivity contribution in [2.45, 2.75) is 38.6 Å². The summed E-state index contributed by atoms with van der Waals surface area (Å²) in [6, 6.07) is 19.5. The summed E-state index contributed by atoms with van der Waals surface area (Å²) < 4.78 is 0. The minimum atomic E-state index is 0.496. The van der Waals surface area contributed by atoms with Crippen molar-refractivity contribution < 1.29 is 0 Å². The summed E-state index contributed by atoms with van der Waals surface area (Å²) in [7, 11) is 0. The van der Waals surface area contributed by atoms with Crippen molar-refractivity contribution in [1.82, 2.24) is 5.32 Å². The van der Waals surface area contributed by atoms with E-state index in [0.29, 0.717) is 5.31 Å². The van der Waals surface area contributed by atoms with Crippen LogP contribution in [0.5, 0.6) is 0 Å². The molecule has 2 aromatic carbocycles. The maximum absolute atomic E-state index is 3.57. The molecular weight excluding hydrogens is 241 g/mol. The second kappa shape index (κ2) is 5.45. The maximum Gasteiger partial charge on any atom is 0.181 e. The molecule has 2 aromatic rings. The molecule has 0 radical (unpaired) electrons. The third-order valence-corrected chi connectivity index (χ3v) is 4.43. The van der Waals surface area contributed by atoms with Gasteiger partial charge < -0.3 is 5.32 Å². The van der Waals surface area contributed by atoms with Gasteiger partial charge in [0.25, 0.3) is 0 Å². The third kappa shape index (κ3) is 2.96. The van der Waals surface area contributed by atoms with E-state index in [0.717, 1.165) is 19.8 Å². The van der Waals surface area contributed by atoms with Crippen molar-refractivity contribution >= 4 is 12.2 Å². The molecule has 0 aliphatic carbocycles. The highest BCUT2D eigenvalue weighted by atomic mass is 14.8. The van der Waals surface area contributed by atoms with E-state index in [4.69, 9.17) is 0 Å². The second-order valence-corrected chi connectivity index (χ2v) is 6.53. The first kappa shape index (κ1) is 13.4. The minimum absolute atomic E-state index is 0.496. The number of nitrogens with one attached hydrogen (secondary N) is 1. The summed E-state index contributed by atoms with van der Waals surface area (Å²) in [4.78, 5) is 0. The van der Waals surface area contributed by atoms with Crippen molar-refractivity contribution in [1.29, 1.82) is 0 Å². The van der Waals surface area contributed by atoms with Gasteiger partial charge in [0.1, 0.15) is 0 Å². The SMILES string of the molecule is CC1(C)CB1c1ccccc1CNCc1ccccc1. The van der Waals surface area contributed by atoms with E-state index >= 15 is 0 Å². The average molecular weight is 263 g/mol. The fraction of sp³-hybridized carbons (Fsp3) is 0.333. The molecular formula is C18H22BN. The summed E-state index contributed by atoms with van der Waals surface area (Å²) in [5.74, 6) is 0. The molecule has 0 bridgehead atoms. The van der Waals surface area contributed by atoms with Gasteiger partial charge in [-0.2, -0.15) is 0 Å². The summed E-state index contributed by atoms with van der Waals surface area (Å²) in [5, 5.41) is 4.06. The van der Waals surface area contributed by atoms with Crippen LogP contribution in [0.15, 0.2) is 54.6 Å². The van der Waals surface area contributed by atoms with Gasteiger partial charge >= 0.3 is 0 Å². The molecule has 0 atom stereocenters. The highest BCUT2D eigenvalue weighted by Gasteiger charge is 2.50. The van der Waals surface area contributed by atoms with Crippen LogP contribution < -0.4 is 10.8 Å². The van der Waals surface area contributed by atoms with Gasteiger partial charge in [-0.3, -0.25) is 0 Å². The highest BCUT2D eigenvalue weighted by Crippen LogP contribution is 2.52. The van der Waals surface area contributed by atoms with Crippen LogP contribution in [0, 0.1) is 0 Å². The zero-order valence-electron chi connectivity index (χ0n) is 12.4. The Hall–Kier alpha value is -1.54. The molecule has 1 heterocycles. The highest BCUT2D eigenvalue weighted by molar-refractivity contribution is 6.86. The Kier molecular flexibility index (Phi) is 3.67. The van der Waals surface area contributed by atoms with E-state index in [-0.39, 0.29) is 0 Å². The van der Waals surface area contributed by atoms with Gasteiger partial charge in [0, 0.05) is 13.1 Å². The number of rotatable bonds is 5. The topological polar surface area (TPSA) is 12.0 Å². The summed E-state index contributed by atoms with van der Waals surface area (Å²) >= 11 is 0. The van der Waals surface area contributed by atoms with E-state index in [1.54, 1.807) is 0 Å². The smallest absolute Gasteiger partial charge is 0.181 e. The molecule has 1 fully saturated rings. The fourth-order valence-electron chi connectivity index (χ4n) is 2.97. The van der Waals surface area contributed by atoms with Crippen LogP contribution in [-0.4, -0.2) is 6.71 Å². The van der Waals surface area contributed by atoms with E-state index in [2.05, 4.69) is 73.8 Å². The minimum Gasteiger partial charge on any atom is -0.309 e. The van der Waals surface area contributed by atoms with Crippen molar-refractivity contribution in [3.63, 3.8) is 0 Å². The molecule has 0 unspecified atom stereocenters. The molecule has 0 aromatic heterocycles. The molecule has 0 amide bonds. The normalized spacial score (nSPS) is 16.2. The van der Waals surface area contributed by atoms with Crippen LogP contribution in [0.4, 0.5) is 0 Å². The Morgan fingerprint density at radius 1 is 0.950 bits per heavy atom. The standard InChI is InChI=1S/C18H22BN/c1-18(2)14-19(18)17-11-7-6-10-16(17)13-20-12-15-8-4-3-5-9-15/h3-11,20H,12-14H2,1-2H3. The van der Waals surface area contributed by atoms with Crippen molar-refractivity contribution in [3.8, 4) is 0 Å². The Morgan fingerprint density at radius 3 is 2.30 bits per heavy atom. The average Bonchev–Trinajstić information content (AvgIpc) is 3.09. The van der Waals surface area contributed by atoms with Gasteiger partial charge in [-0.15, -0.1) is 0 Å². The zero-order valence-corrected chi connectivity index (χ0v) is 12.4. The van der Waals surface area contributed by atoms with Gasteiger partial charge in [0.2, 0.25) is 0 Å². The van der Waals surface area contributed by atoms with Gasteiger partial charge in [-0.1, -0.05) is 85.5 Å². The monoisotopic (exact) mass is 263 g/mol. The molecule has 1 N–H and O–H groups in total. The molecule has 0 saturated carbocycles. The van der Waals surface area contributed by atoms with E-state index in [9.17, 15) is 0 Å². The first-order valence-corrected chi connectivity index (χ1v) is 7.49. The van der Waals surface area contributed by atoms with Crippen LogP contribution in [0.25, 0.3) is 0 Å². The second-order valence-electron chi connectivity index (χ2n) is 6.53. The maximum atomic E-state index is 3.57. The third-order valence-electron chi connectivity index (χ3n) is 4.43. The van der Waals surface area contributed by atoms with Crippen LogP contribution in [0.1, 0.15) is 25.0 Å². The number of benzene rings is 2. The molecule has 1 aliphatic rings. The summed E-state index contributed by atoms with van der Waals surface area (Å²) in [6.07, 6.45) is 1.32. The van der Waals surface area contributed by atoms with Gasteiger partial charge in [0.15, 0.2) is 6.71 Å². The lowest BCUT2D eigenvalue weighted by Crippen LogP contribution is -2.26. The van der Waals surface area contributed by atoms with Crippen LogP contribution in [0.3, 0.4) is 0 Å². The predicted molar refractivity (Wildman–Crippen MR) is 87.7 cm³/mol. The van der Waals surface area contributed by atoms with Crippen molar-refractivity contribution in [2.75, 3.05) is 0 Å². The fourth-order valence-corrected chi connectivity index (χ4v) is 2.97. The van der Waals surface area contributed by atoms with Crippen LogP contribution >= 0.6 is 0 Å². The number of hydrogen-bond acceptors (Lipinski definition) is 1. The quantitative estimate of drug-likeness (QED) is 0.814. The van der Waals surface area contributed by atoms with Gasteiger partial charge in [-0.25, -0.2) is 0 Å². The van der Waals surface area contributed by atoms with Crippen molar-refractivity contribution in [3.05, 3.63) is 65.7 Å². The van der Waals surface area contributed by atoms with E-state index < -0.39 is 0 Å². The lowest BCUT2D eigenvalue weighted by Gasteiger charge is -2.11. The number of hydrogen-bond donors (Lipinski definition) is 1. The van der Waals surface area contributed by atoms with Crippen LogP contribution in [0.2, 0.25) is 11.6 Å². The molecule has 1 nitrogen and oxygen atoms in total. The summed E-state index contributed by atoms with van der Waals surface area (Å²) in [5.41, 5.74) is 4.34. The molecule has 3 rings (SSSR count). The largest absolute Gasteiger partial charge is 0.309 e. The van der Waals surface area contributed by atoms with Gasteiger partial charge in [-0.05, 0) is 11.1 Å². The van der Waals surface area contributed by atoms with Gasteiger partial charge in [0.05, 0.1) is 0 Å². The Morgan fingerprint density at radius 2 is 1.60 bits per heavy atom.